The zero-order valence-electron chi connectivity index (χ0n) is 18.8. The lowest BCUT2D eigenvalue weighted by Gasteiger charge is -2.31. The summed E-state index contributed by atoms with van der Waals surface area (Å²) in [6, 6.07) is 1.69. The summed E-state index contributed by atoms with van der Waals surface area (Å²) in [6.07, 6.45) is 6.41. The second-order valence-corrected chi connectivity index (χ2v) is 10.6. The Labute approximate surface area is 191 Å². The lowest BCUT2D eigenvalue weighted by Crippen LogP contribution is -2.42. The number of fused-ring (bicyclic) bond motifs is 1. The summed E-state index contributed by atoms with van der Waals surface area (Å²) in [7, 11) is -3.43. The maximum atomic E-state index is 14.8. The van der Waals surface area contributed by atoms with Gasteiger partial charge in [0.25, 0.3) is 0 Å². The second kappa shape index (κ2) is 9.12. The molecule has 0 bridgehead atoms. The van der Waals surface area contributed by atoms with Gasteiger partial charge < -0.3 is 14.4 Å². The van der Waals surface area contributed by atoms with Gasteiger partial charge in [-0.25, -0.2) is 22.6 Å². The van der Waals surface area contributed by atoms with Crippen LogP contribution in [0.4, 0.5) is 9.18 Å². The number of aromatic nitrogens is 3. The first-order valence-corrected chi connectivity index (χ1v) is 12.8. The van der Waals surface area contributed by atoms with Crippen LogP contribution in [0.3, 0.4) is 0 Å². The number of likely N-dealkylation sites (tertiary alicyclic amines) is 1. The molecule has 9 nitrogen and oxygen atoms in total. The first kappa shape index (κ1) is 23.2. The molecule has 33 heavy (non-hydrogen) atoms. The summed E-state index contributed by atoms with van der Waals surface area (Å²) in [6.45, 7) is 4.69. The quantitative estimate of drug-likeness (QED) is 0.648. The van der Waals surface area contributed by atoms with Crippen molar-refractivity contribution in [1.82, 2.24) is 19.5 Å². The minimum Gasteiger partial charge on any atom is -0.474 e. The van der Waals surface area contributed by atoms with Gasteiger partial charge in [-0.15, -0.1) is 0 Å². The van der Waals surface area contributed by atoms with E-state index in [2.05, 4.69) is 10.1 Å². The number of carbonyl (C=O) groups is 1. The van der Waals surface area contributed by atoms with Gasteiger partial charge >= 0.3 is 6.09 Å². The first-order chi connectivity index (χ1) is 15.6. The van der Waals surface area contributed by atoms with Crippen LogP contribution >= 0.6 is 0 Å². The van der Waals surface area contributed by atoms with Gasteiger partial charge in [-0.2, -0.15) is 9.61 Å². The number of ether oxygens (including phenoxy) is 2. The Morgan fingerprint density at radius 3 is 2.61 bits per heavy atom. The molecule has 0 radical (unpaired) electrons. The van der Waals surface area contributed by atoms with Crippen LogP contribution in [0.5, 0.6) is 5.88 Å². The highest BCUT2D eigenvalue weighted by Gasteiger charge is 2.27. The van der Waals surface area contributed by atoms with Crippen molar-refractivity contribution >= 4 is 27.2 Å². The normalized spacial score (nSPS) is 18.1. The number of sulfone groups is 1. The Morgan fingerprint density at radius 1 is 1.24 bits per heavy atom. The molecule has 1 fully saturated rings. The van der Waals surface area contributed by atoms with Gasteiger partial charge in [0.1, 0.15) is 11.9 Å². The van der Waals surface area contributed by atoms with E-state index in [1.54, 1.807) is 17.2 Å². The molecule has 2 aromatic rings. The largest absolute Gasteiger partial charge is 0.474 e. The lowest BCUT2D eigenvalue weighted by molar-refractivity contribution is 0.0502. The van der Waals surface area contributed by atoms with E-state index in [0.717, 1.165) is 12.3 Å². The van der Waals surface area contributed by atoms with E-state index >= 15 is 0 Å². The molecular formula is C22H27FN4O5S. The number of rotatable bonds is 5. The van der Waals surface area contributed by atoms with Crippen LogP contribution in [0.15, 0.2) is 35.3 Å². The number of allylic oxidation sites excluding steroid dienone is 4. The van der Waals surface area contributed by atoms with Crippen LogP contribution in [0.25, 0.3) is 11.2 Å². The summed E-state index contributed by atoms with van der Waals surface area (Å²) in [5.41, 5.74) is 1.32. The van der Waals surface area contributed by atoms with Crippen molar-refractivity contribution in [2.75, 3.05) is 19.3 Å². The van der Waals surface area contributed by atoms with Crippen molar-refractivity contribution < 1.29 is 27.1 Å². The van der Waals surface area contributed by atoms with Crippen molar-refractivity contribution in [2.45, 2.75) is 51.7 Å². The van der Waals surface area contributed by atoms with Crippen LogP contribution < -0.4 is 4.74 Å². The summed E-state index contributed by atoms with van der Waals surface area (Å²) in [5.74, 6) is -0.121. The average Bonchev–Trinajstić information content (AvgIpc) is 3.18. The van der Waals surface area contributed by atoms with E-state index < -0.39 is 15.7 Å². The molecule has 2 aliphatic rings. The molecule has 178 valence electrons. The predicted octanol–water partition coefficient (Wildman–Crippen LogP) is 3.52. The van der Waals surface area contributed by atoms with Crippen molar-refractivity contribution in [2.24, 2.45) is 0 Å². The number of hydrogen-bond acceptors (Lipinski definition) is 7. The van der Waals surface area contributed by atoms with Gasteiger partial charge in [-0.05, 0) is 32.8 Å². The van der Waals surface area contributed by atoms with E-state index in [-0.39, 0.29) is 36.0 Å². The van der Waals surface area contributed by atoms with Crippen LogP contribution in [0, 0.1) is 0 Å². The molecule has 1 aliphatic carbocycles. The Morgan fingerprint density at radius 2 is 1.97 bits per heavy atom. The van der Waals surface area contributed by atoms with Gasteiger partial charge in [0.15, 0.2) is 15.5 Å². The average molecular weight is 479 g/mol. The standard InChI is InChI=1S/C22H27FN4O5S/c1-14(2)31-22(28)26-10-7-15(8-11-26)32-20-6-9-24-21-18(13-25-27(20)21)17-5-4-16(12-19(17)23)33(3,29)30/h6,9,12-15H,4-5,7-8,10-11H2,1-3H3. The minimum absolute atomic E-state index is 0.0841. The number of halogens is 1. The van der Waals surface area contributed by atoms with E-state index in [0.29, 0.717) is 48.6 Å². The molecule has 2 aromatic heterocycles. The zero-order valence-corrected chi connectivity index (χ0v) is 19.6. The van der Waals surface area contributed by atoms with Gasteiger partial charge in [0.05, 0.1) is 12.3 Å². The number of piperidine rings is 1. The van der Waals surface area contributed by atoms with E-state index in [4.69, 9.17) is 9.47 Å². The third-order valence-corrected chi connectivity index (χ3v) is 6.96. The van der Waals surface area contributed by atoms with Crippen molar-refractivity contribution in [1.29, 1.82) is 0 Å². The molecule has 0 atom stereocenters. The molecule has 0 N–H and O–H groups in total. The van der Waals surface area contributed by atoms with E-state index in [9.17, 15) is 17.6 Å². The first-order valence-electron chi connectivity index (χ1n) is 10.9. The molecular weight excluding hydrogens is 451 g/mol. The molecule has 0 saturated carbocycles. The molecule has 0 aromatic carbocycles. The molecule has 1 saturated heterocycles. The van der Waals surface area contributed by atoms with Gasteiger partial charge in [0.2, 0.25) is 5.88 Å². The van der Waals surface area contributed by atoms with Crippen molar-refractivity contribution in [3.63, 3.8) is 0 Å². The smallest absolute Gasteiger partial charge is 0.410 e. The van der Waals surface area contributed by atoms with E-state index in [1.807, 2.05) is 13.8 Å². The number of carbonyl (C=O) groups excluding carboxylic acids is 1. The highest BCUT2D eigenvalue weighted by molar-refractivity contribution is 7.94. The van der Waals surface area contributed by atoms with E-state index in [1.165, 1.54) is 10.7 Å². The highest BCUT2D eigenvalue weighted by Crippen LogP contribution is 2.36. The number of amides is 1. The summed E-state index contributed by atoms with van der Waals surface area (Å²) < 4.78 is 51.2. The van der Waals surface area contributed by atoms with Crippen molar-refractivity contribution in [3.8, 4) is 5.88 Å². The zero-order chi connectivity index (χ0) is 23.8. The third-order valence-electron chi connectivity index (χ3n) is 5.69. The Kier molecular flexibility index (Phi) is 6.42. The van der Waals surface area contributed by atoms with Crippen LogP contribution in [0.1, 0.15) is 45.1 Å². The minimum atomic E-state index is -3.43. The fourth-order valence-electron chi connectivity index (χ4n) is 4.00. The predicted molar refractivity (Wildman–Crippen MR) is 120 cm³/mol. The second-order valence-electron chi connectivity index (χ2n) is 8.52. The van der Waals surface area contributed by atoms with Crippen LogP contribution in [-0.2, 0) is 14.6 Å². The van der Waals surface area contributed by atoms with Crippen LogP contribution in [0.2, 0.25) is 0 Å². The van der Waals surface area contributed by atoms with Crippen LogP contribution in [-0.4, -0.2) is 65.6 Å². The molecule has 0 spiro atoms. The summed E-state index contributed by atoms with van der Waals surface area (Å²) in [4.78, 5) is 18.2. The number of hydrogen-bond donors (Lipinski definition) is 0. The monoisotopic (exact) mass is 478 g/mol. The molecule has 4 rings (SSSR count). The molecule has 0 unspecified atom stereocenters. The molecule has 3 heterocycles. The third kappa shape index (κ3) is 5.02. The lowest BCUT2D eigenvalue weighted by atomic mass is 9.98. The summed E-state index contributed by atoms with van der Waals surface area (Å²) >= 11 is 0. The molecule has 11 heteroatoms. The Hall–Kier alpha value is -2.95. The number of nitrogens with zero attached hydrogens (tertiary/aromatic N) is 4. The molecule has 1 aliphatic heterocycles. The Balaban J connectivity index is 1.51. The maximum Gasteiger partial charge on any atom is 0.410 e. The Bertz CT molecular complexity index is 1230. The van der Waals surface area contributed by atoms with Gasteiger partial charge in [-0.3, -0.25) is 0 Å². The maximum absolute atomic E-state index is 14.8. The van der Waals surface area contributed by atoms with Gasteiger partial charge in [0, 0.05) is 60.5 Å². The highest BCUT2D eigenvalue weighted by atomic mass is 32.2. The topological polar surface area (TPSA) is 103 Å². The molecule has 1 amide bonds. The fraction of sp³-hybridized carbons (Fsp3) is 0.500. The van der Waals surface area contributed by atoms with Gasteiger partial charge in [-0.1, -0.05) is 0 Å². The summed E-state index contributed by atoms with van der Waals surface area (Å²) in [5, 5.41) is 4.34. The fourth-order valence-corrected chi connectivity index (χ4v) is 4.79. The SMILES string of the molecule is CC(C)OC(=O)N1CCC(Oc2ccnc3c(C4=C(F)C=C(S(C)(=O)=O)CC4)cnn23)CC1. The van der Waals surface area contributed by atoms with Crippen molar-refractivity contribution in [3.05, 3.63) is 40.8 Å².